The number of rotatable bonds is 2. The second kappa shape index (κ2) is 4.79. The van der Waals surface area contributed by atoms with Crippen LogP contribution >= 0.6 is 0 Å². The quantitative estimate of drug-likeness (QED) is 0.809. The molecule has 1 atom stereocenters. The standard InChI is InChI=1S/C13H18N4O2/c1-8-9(2)16-17-12(18)6-10(15-13(8)17)5-11-7-14-3-4-19-11/h6,11,14,16H,3-5,7H2,1-2H3. The lowest BCUT2D eigenvalue weighted by molar-refractivity contribution is 0.0287. The van der Waals surface area contributed by atoms with Gasteiger partial charge < -0.3 is 10.1 Å². The van der Waals surface area contributed by atoms with Crippen LogP contribution in [0.1, 0.15) is 17.0 Å². The van der Waals surface area contributed by atoms with Gasteiger partial charge in [0.15, 0.2) is 5.65 Å². The molecule has 0 aromatic carbocycles. The average molecular weight is 262 g/mol. The molecule has 19 heavy (non-hydrogen) atoms. The van der Waals surface area contributed by atoms with Gasteiger partial charge in [-0.3, -0.25) is 9.89 Å². The van der Waals surface area contributed by atoms with Crippen LogP contribution in [-0.4, -0.2) is 40.4 Å². The summed E-state index contributed by atoms with van der Waals surface area (Å²) in [5, 5.41) is 6.30. The SMILES string of the molecule is Cc1[nH]n2c(=O)cc(CC3CNCCO3)nc2c1C. The minimum Gasteiger partial charge on any atom is -0.375 e. The van der Waals surface area contributed by atoms with Crippen molar-refractivity contribution in [2.24, 2.45) is 0 Å². The van der Waals surface area contributed by atoms with Gasteiger partial charge in [-0.2, -0.15) is 0 Å². The first-order valence-corrected chi connectivity index (χ1v) is 6.55. The summed E-state index contributed by atoms with van der Waals surface area (Å²) in [4.78, 5) is 16.6. The molecule has 3 heterocycles. The lowest BCUT2D eigenvalue weighted by Crippen LogP contribution is -2.40. The lowest BCUT2D eigenvalue weighted by Gasteiger charge is -2.23. The van der Waals surface area contributed by atoms with Crippen LogP contribution < -0.4 is 10.9 Å². The number of nitrogens with one attached hydrogen (secondary N) is 2. The normalized spacial score (nSPS) is 20.0. The summed E-state index contributed by atoms with van der Waals surface area (Å²) < 4.78 is 7.14. The molecule has 1 saturated heterocycles. The van der Waals surface area contributed by atoms with Crippen molar-refractivity contribution in [2.45, 2.75) is 26.4 Å². The van der Waals surface area contributed by atoms with Crippen molar-refractivity contribution in [3.8, 4) is 0 Å². The molecule has 3 rings (SSSR count). The Kier molecular flexibility index (Phi) is 3.12. The van der Waals surface area contributed by atoms with Crippen LogP contribution in [0.4, 0.5) is 0 Å². The van der Waals surface area contributed by atoms with Gasteiger partial charge in [0.2, 0.25) is 0 Å². The second-order valence-electron chi connectivity index (χ2n) is 5.01. The molecule has 2 aromatic rings. The third-order valence-corrected chi connectivity index (χ3v) is 3.59. The van der Waals surface area contributed by atoms with E-state index in [-0.39, 0.29) is 11.7 Å². The van der Waals surface area contributed by atoms with Crippen LogP contribution in [0, 0.1) is 13.8 Å². The number of aromatic nitrogens is 3. The maximum atomic E-state index is 12.0. The fourth-order valence-corrected chi connectivity index (χ4v) is 2.40. The maximum Gasteiger partial charge on any atom is 0.272 e. The number of hydrogen-bond acceptors (Lipinski definition) is 4. The van der Waals surface area contributed by atoms with E-state index in [0.29, 0.717) is 18.7 Å². The van der Waals surface area contributed by atoms with Gasteiger partial charge in [-0.1, -0.05) is 0 Å². The Bertz CT molecular complexity index is 652. The van der Waals surface area contributed by atoms with E-state index in [4.69, 9.17) is 4.74 Å². The maximum absolute atomic E-state index is 12.0. The van der Waals surface area contributed by atoms with Crippen molar-refractivity contribution in [3.05, 3.63) is 33.4 Å². The van der Waals surface area contributed by atoms with Crippen LogP contribution in [0.15, 0.2) is 10.9 Å². The molecule has 0 spiro atoms. The minimum atomic E-state index is -0.0695. The summed E-state index contributed by atoms with van der Waals surface area (Å²) in [6, 6.07) is 1.58. The van der Waals surface area contributed by atoms with E-state index in [1.54, 1.807) is 6.07 Å². The molecule has 0 bridgehead atoms. The molecule has 0 aliphatic carbocycles. The van der Waals surface area contributed by atoms with Crippen LogP contribution in [0.25, 0.3) is 5.65 Å². The van der Waals surface area contributed by atoms with Crippen molar-refractivity contribution >= 4 is 5.65 Å². The van der Waals surface area contributed by atoms with Crippen molar-refractivity contribution in [1.29, 1.82) is 0 Å². The molecule has 0 amide bonds. The fraction of sp³-hybridized carbons (Fsp3) is 0.538. The van der Waals surface area contributed by atoms with Gasteiger partial charge in [-0.15, -0.1) is 0 Å². The third kappa shape index (κ3) is 2.29. The number of hydrogen-bond donors (Lipinski definition) is 2. The van der Waals surface area contributed by atoms with E-state index in [1.165, 1.54) is 4.52 Å². The zero-order valence-electron chi connectivity index (χ0n) is 11.2. The molecule has 1 aliphatic heterocycles. The predicted molar refractivity (Wildman–Crippen MR) is 71.6 cm³/mol. The molecule has 0 saturated carbocycles. The Hall–Kier alpha value is -1.66. The van der Waals surface area contributed by atoms with Gasteiger partial charge in [0.25, 0.3) is 5.56 Å². The predicted octanol–water partition coefficient (Wildman–Crippen LogP) is 0.170. The van der Waals surface area contributed by atoms with Crippen LogP contribution in [0.3, 0.4) is 0 Å². The number of ether oxygens (including phenoxy) is 1. The van der Waals surface area contributed by atoms with Crippen molar-refractivity contribution in [1.82, 2.24) is 19.9 Å². The molecular weight excluding hydrogens is 244 g/mol. The molecule has 2 aromatic heterocycles. The highest BCUT2D eigenvalue weighted by atomic mass is 16.5. The van der Waals surface area contributed by atoms with Gasteiger partial charge in [-0.25, -0.2) is 9.50 Å². The Morgan fingerprint density at radius 3 is 3.11 bits per heavy atom. The van der Waals surface area contributed by atoms with Gasteiger partial charge in [0.1, 0.15) is 0 Å². The summed E-state index contributed by atoms with van der Waals surface area (Å²) in [5.74, 6) is 0. The van der Waals surface area contributed by atoms with Crippen LogP contribution in [0.5, 0.6) is 0 Å². The molecule has 1 fully saturated rings. The Balaban J connectivity index is 1.95. The van der Waals surface area contributed by atoms with E-state index in [0.717, 1.165) is 30.0 Å². The largest absolute Gasteiger partial charge is 0.375 e. The first-order valence-electron chi connectivity index (χ1n) is 6.55. The zero-order chi connectivity index (χ0) is 13.4. The first kappa shape index (κ1) is 12.4. The number of fused-ring (bicyclic) bond motifs is 1. The molecule has 6 heteroatoms. The molecule has 2 N–H and O–H groups in total. The van der Waals surface area contributed by atoms with Gasteiger partial charge in [0.05, 0.1) is 18.4 Å². The van der Waals surface area contributed by atoms with E-state index >= 15 is 0 Å². The number of aromatic amines is 1. The summed E-state index contributed by atoms with van der Waals surface area (Å²) in [5.41, 5.74) is 3.42. The molecule has 1 aliphatic rings. The van der Waals surface area contributed by atoms with Crippen molar-refractivity contribution < 1.29 is 4.74 Å². The van der Waals surface area contributed by atoms with Crippen molar-refractivity contribution in [2.75, 3.05) is 19.7 Å². The van der Waals surface area contributed by atoms with E-state index in [2.05, 4.69) is 15.4 Å². The zero-order valence-corrected chi connectivity index (χ0v) is 11.2. The molecule has 0 radical (unpaired) electrons. The number of nitrogens with zero attached hydrogens (tertiary/aromatic N) is 2. The summed E-state index contributed by atoms with van der Waals surface area (Å²) in [6.45, 7) is 6.33. The van der Waals surface area contributed by atoms with Gasteiger partial charge in [0, 0.05) is 36.8 Å². The first-order chi connectivity index (χ1) is 9.15. The van der Waals surface area contributed by atoms with Gasteiger partial charge >= 0.3 is 0 Å². The monoisotopic (exact) mass is 262 g/mol. The molecular formula is C13H18N4O2. The fourth-order valence-electron chi connectivity index (χ4n) is 2.40. The Morgan fingerprint density at radius 2 is 2.37 bits per heavy atom. The number of H-pyrrole nitrogens is 1. The summed E-state index contributed by atoms with van der Waals surface area (Å²) >= 11 is 0. The lowest BCUT2D eigenvalue weighted by atomic mass is 10.1. The summed E-state index contributed by atoms with van der Waals surface area (Å²) in [6.07, 6.45) is 0.769. The van der Waals surface area contributed by atoms with E-state index < -0.39 is 0 Å². The Labute approximate surface area is 110 Å². The molecule has 6 nitrogen and oxygen atoms in total. The third-order valence-electron chi connectivity index (χ3n) is 3.59. The van der Waals surface area contributed by atoms with Crippen molar-refractivity contribution in [3.63, 3.8) is 0 Å². The topological polar surface area (TPSA) is 71.4 Å². The minimum absolute atomic E-state index is 0.0695. The average Bonchev–Trinajstić information content (AvgIpc) is 2.68. The highest BCUT2D eigenvalue weighted by molar-refractivity contribution is 5.49. The summed E-state index contributed by atoms with van der Waals surface area (Å²) in [7, 11) is 0. The highest BCUT2D eigenvalue weighted by Gasteiger charge is 2.16. The molecule has 1 unspecified atom stereocenters. The second-order valence-corrected chi connectivity index (χ2v) is 5.01. The van der Waals surface area contributed by atoms with Crippen LogP contribution in [-0.2, 0) is 11.2 Å². The Morgan fingerprint density at radius 1 is 1.53 bits per heavy atom. The highest BCUT2D eigenvalue weighted by Crippen LogP contribution is 2.11. The van der Waals surface area contributed by atoms with Crippen LogP contribution in [0.2, 0.25) is 0 Å². The number of morpholine rings is 1. The van der Waals surface area contributed by atoms with Gasteiger partial charge in [-0.05, 0) is 13.8 Å². The number of aryl methyl sites for hydroxylation is 2. The smallest absolute Gasteiger partial charge is 0.272 e. The van der Waals surface area contributed by atoms with E-state index in [1.807, 2.05) is 13.8 Å². The van der Waals surface area contributed by atoms with E-state index in [9.17, 15) is 4.79 Å². The molecule has 102 valence electrons.